The summed E-state index contributed by atoms with van der Waals surface area (Å²) in [6.45, 7) is 6.30. The van der Waals surface area contributed by atoms with Gasteiger partial charge >= 0.3 is 11.9 Å². The Hall–Kier alpha value is -3.15. The van der Waals surface area contributed by atoms with E-state index in [9.17, 15) is 9.59 Å². The first kappa shape index (κ1) is 20.6. The predicted octanol–water partition coefficient (Wildman–Crippen LogP) is 3.85. The molecule has 0 fully saturated rings. The summed E-state index contributed by atoms with van der Waals surface area (Å²) in [5, 5.41) is 0. The van der Waals surface area contributed by atoms with E-state index >= 15 is 0 Å². The van der Waals surface area contributed by atoms with Gasteiger partial charge in [0.2, 0.25) is 5.90 Å². The second kappa shape index (κ2) is 8.07. The van der Waals surface area contributed by atoms with Crippen LogP contribution in [0.2, 0.25) is 0 Å². The first-order chi connectivity index (χ1) is 13.7. The molecule has 0 spiro atoms. The molecule has 1 aliphatic heterocycles. The lowest BCUT2D eigenvalue weighted by Crippen LogP contribution is -2.51. The highest BCUT2D eigenvalue weighted by molar-refractivity contribution is 5.99. The van der Waals surface area contributed by atoms with Crippen LogP contribution in [0.4, 0.5) is 0 Å². The van der Waals surface area contributed by atoms with Gasteiger partial charge in [0.05, 0.1) is 0 Å². The molecule has 6 nitrogen and oxygen atoms in total. The molecule has 0 amide bonds. The Labute approximate surface area is 170 Å². The normalized spacial score (nSPS) is 21.1. The topological polar surface area (TPSA) is 74.2 Å². The van der Waals surface area contributed by atoms with Crippen LogP contribution in [0.15, 0.2) is 65.7 Å². The van der Waals surface area contributed by atoms with Crippen molar-refractivity contribution in [3.63, 3.8) is 0 Å². The lowest BCUT2D eigenvalue weighted by Gasteiger charge is -2.33. The molecule has 0 bridgehead atoms. The zero-order valence-electron chi connectivity index (χ0n) is 17.0. The molecule has 3 rings (SSSR count). The minimum atomic E-state index is -1.62. The SMILES string of the molecule is CC(=O)OC[C@@]1(C(=O)OC(C)(C)C)OC(c2ccccc2)=N[C@H]1c1ccccc1. The molecular weight excluding hydrogens is 370 g/mol. The molecule has 0 saturated carbocycles. The van der Waals surface area contributed by atoms with E-state index in [-0.39, 0.29) is 6.61 Å². The maximum Gasteiger partial charge on any atom is 0.357 e. The van der Waals surface area contributed by atoms with Gasteiger partial charge in [-0.05, 0) is 38.5 Å². The fourth-order valence-electron chi connectivity index (χ4n) is 3.06. The molecular formula is C23H25NO5. The van der Waals surface area contributed by atoms with E-state index in [2.05, 4.69) is 0 Å². The van der Waals surface area contributed by atoms with Crippen molar-refractivity contribution in [2.45, 2.75) is 44.9 Å². The van der Waals surface area contributed by atoms with E-state index in [1.54, 1.807) is 20.8 Å². The Morgan fingerprint density at radius 2 is 1.62 bits per heavy atom. The predicted molar refractivity (Wildman–Crippen MR) is 108 cm³/mol. The monoisotopic (exact) mass is 395 g/mol. The number of hydrogen-bond acceptors (Lipinski definition) is 6. The molecule has 0 saturated heterocycles. The molecule has 1 heterocycles. The van der Waals surface area contributed by atoms with Crippen molar-refractivity contribution in [3.8, 4) is 0 Å². The van der Waals surface area contributed by atoms with E-state index in [0.717, 1.165) is 11.1 Å². The van der Waals surface area contributed by atoms with Gasteiger partial charge < -0.3 is 14.2 Å². The minimum absolute atomic E-state index is 0.303. The summed E-state index contributed by atoms with van der Waals surface area (Å²) in [6, 6.07) is 17.9. The molecule has 0 aromatic heterocycles. The van der Waals surface area contributed by atoms with E-state index in [1.807, 2.05) is 60.7 Å². The van der Waals surface area contributed by atoms with Crippen molar-refractivity contribution in [1.29, 1.82) is 0 Å². The van der Waals surface area contributed by atoms with Gasteiger partial charge in [-0.15, -0.1) is 0 Å². The summed E-state index contributed by atoms with van der Waals surface area (Å²) < 4.78 is 17.1. The van der Waals surface area contributed by atoms with Crippen molar-refractivity contribution in [2.24, 2.45) is 4.99 Å². The van der Waals surface area contributed by atoms with Crippen molar-refractivity contribution < 1.29 is 23.8 Å². The number of rotatable bonds is 5. The molecule has 0 radical (unpaired) electrons. The number of ether oxygens (including phenoxy) is 3. The molecule has 0 unspecified atom stereocenters. The van der Waals surface area contributed by atoms with Gasteiger partial charge in [-0.3, -0.25) is 4.79 Å². The smallest absolute Gasteiger partial charge is 0.357 e. The number of benzene rings is 2. The minimum Gasteiger partial charge on any atom is -0.461 e. The summed E-state index contributed by atoms with van der Waals surface area (Å²) in [6.07, 6.45) is 0. The van der Waals surface area contributed by atoms with Crippen molar-refractivity contribution in [3.05, 3.63) is 71.8 Å². The summed E-state index contributed by atoms with van der Waals surface area (Å²) in [5.74, 6) is -0.844. The van der Waals surface area contributed by atoms with Gasteiger partial charge in [-0.2, -0.15) is 0 Å². The van der Waals surface area contributed by atoms with Crippen LogP contribution in [0.3, 0.4) is 0 Å². The Balaban J connectivity index is 2.10. The average molecular weight is 395 g/mol. The van der Waals surface area contributed by atoms with Crippen molar-refractivity contribution in [1.82, 2.24) is 0 Å². The molecule has 0 N–H and O–H groups in total. The lowest BCUT2D eigenvalue weighted by molar-refractivity contribution is -0.183. The highest BCUT2D eigenvalue weighted by Crippen LogP contribution is 2.41. The van der Waals surface area contributed by atoms with Crippen LogP contribution in [0, 0.1) is 0 Å². The van der Waals surface area contributed by atoms with Crippen molar-refractivity contribution in [2.75, 3.05) is 6.61 Å². The quantitative estimate of drug-likeness (QED) is 0.719. The number of carbonyl (C=O) groups is 2. The van der Waals surface area contributed by atoms with Crippen LogP contribution < -0.4 is 0 Å². The largest absolute Gasteiger partial charge is 0.461 e. The van der Waals surface area contributed by atoms with Crippen LogP contribution >= 0.6 is 0 Å². The second-order valence-electron chi connectivity index (χ2n) is 7.89. The fourth-order valence-corrected chi connectivity index (χ4v) is 3.06. The Morgan fingerprint density at radius 3 is 2.17 bits per heavy atom. The van der Waals surface area contributed by atoms with E-state index in [0.29, 0.717) is 5.90 Å². The molecule has 0 aliphatic carbocycles. The van der Waals surface area contributed by atoms with Gasteiger partial charge in [0.15, 0.2) is 0 Å². The summed E-state index contributed by atoms with van der Waals surface area (Å²) in [7, 11) is 0. The van der Waals surface area contributed by atoms with E-state index in [1.165, 1.54) is 6.92 Å². The van der Waals surface area contributed by atoms with Gasteiger partial charge in [0.1, 0.15) is 18.2 Å². The van der Waals surface area contributed by atoms with Crippen LogP contribution in [0.25, 0.3) is 0 Å². The molecule has 1 aliphatic rings. The van der Waals surface area contributed by atoms with E-state index < -0.39 is 29.2 Å². The Bertz CT molecular complexity index is 902. The molecule has 29 heavy (non-hydrogen) atoms. The zero-order valence-corrected chi connectivity index (χ0v) is 17.0. The number of nitrogens with zero attached hydrogens (tertiary/aromatic N) is 1. The molecule has 2 aromatic carbocycles. The van der Waals surface area contributed by atoms with Crippen LogP contribution in [0.5, 0.6) is 0 Å². The highest BCUT2D eigenvalue weighted by atomic mass is 16.6. The third-order valence-corrected chi connectivity index (χ3v) is 4.34. The molecule has 152 valence electrons. The summed E-state index contributed by atoms with van der Waals surface area (Å²) in [5.41, 5.74) is -0.885. The highest BCUT2D eigenvalue weighted by Gasteiger charge is 2.57. The molecule has 2 atom stereocenters. The first-order valence-electron chi connectivity index (χ1n) is 9.45. The van der Waals surface area contributed by atoms with Gasteiger partial charge in [-0.1, -0.05) is 48.5 Å². The molecule has 6 heteroatoms. The van der Waals surface area contributed by atoms with Gasteiger partial charge in [0, 0.05) is 12.5 Å². The average Bonchev–Trinajstić information content (AvgIpc) is 3.08. The first-order valence-corrected chi connectivity index (χ1v) is 9.45. The van der Waals surface area contributed by atoms with Gasteiger partial charge in [-0.25, -0.2) is 9.79 Å². The van der Waals surface area contributed by atoms with Gasteiger partial charge in [0.25, 0.3) is 5.60 Å². The zero-order chi connectivity index (χ0) is 21.1. The van der Waals surface area contributed by atoms with Crippen molar-refractivity contribution >= 4 is 17.8 Å². The van der Waals surface area contributed by atoms with Crippen LogP contribution in [0.1, 0.15) is 44.9 Å². The maximum atomic E-state index is 13.3. The van der Waals surface area contributed by atoms with Crippen LogP contribution in [-0.2, 0) is 23.8 Å². The fraction of sp³-hybridized carbons (Fsp3) is 0.348. The third-order valence-electron chi connectivity index (χ3n) is 4.34. The molecule has 2 aromatic rings. The number of hydrogen-bond donors (Lipinski definition) is 0. The summed E-state index contributed by atoms with van der Waals surface area (Å²) >= 11 is 0. The van der Waals surface area contributed by atoms with E-state index in [4.69, 9.17) is 19.2 Å². The number of esters is 2. The van der Waals surface area contributed by atoms with Crippen LogP contribution in [-0.4, -0.2) is 35.6 Å². The summed E-state index contributed by atoms with van der Waals surface area (Å²) in [4.78, 5) is 29.6. The number of carbonyl (C=O) groups excluding carboxylic acids is 2. The maximum absolute atomic E-state index is 13.3. The number of aliphatic imine (C=N–C) groups is 1. The Kier molecular flexibility index (Phi) is 5.73. The third kappa shape index (κ3) is 4.65. The standard InChI is InChI=1S/C23H25NO5/c1-16(25)27-15-23(21(26)29-22(2,3)4)19(17-11-7-5-8-12-17)24-20(28-23)18-13-9-6-10-14-18/h5-14,19H,15H2,1-4H3/t19-,23+/m0/s1. The Morgan fingerprint density at radius 1 is 1.03 bits per heavy atom. The second-order valence-corrected chi connectivity index (χ2v) is 7.89. The lowest BCUT2D eigenvalue weighted by atomic mass is 9.89.